The molecule has 0 spiro atoms. The summed E-state index contributed by atoms with van der Waals surface area (Å²) in [6.07, 6.45) is 4.26. The van der Waals surface area contributed by atoms with Gasteiger partial charge < -0.3 is 25.4 Å². The largest absolute Gasteiger partial charge is 0.444 e. The molecule has 0 bridgehead atoms. The molecule has 1 rings (SSSR count). The molecule has 3 atom stereocenters. The van der Waals surface area contributed by atoms with Crippen molar-refractivity contribution in [2.75, 3.05) is 13.2 Å². The molecule has 35 heavy (non-hydrogen) atoms. The van der Waals surface area contributed by atoms with Crippen LogP contribution in [-0.4, -0.2) is 58.8 Å². The first-order valence-electron chi connectivity index (χ1n) is 12.4. The molecular formula is C27H43N3O5. The van der Waals surface area contributed by atoms with Crippen molar-refractivity contribution in [3.63, 3.8) is 0 Å². The summed E-state index contributed by atoms with van der Waals surface area (Å²) < 4.78 is 5.26. The molecule has 0 saturated carbocycles. The maximum absolute atomic E-state index is 13.7. The van der Waals surface area contributed by atoms with E-state index in [1.54, 1.807) is 32.9 Å². The first-order valence-corrected chi connectivity index (χ1v) is 12.4. The van der Waals surface area contributed by atoms with Gasteiger partial charge in [0.2, 0.25) is 11.8 Å². The summed E-state index contributed by atoms with van der Waals surface area (Å²) in [7, 11) is 0. The van der Waals surface area contributed by atoms with Gasteiger partial charge in [-0.3, -0.25) is 9.59 Å². The molecule has 1 aromatic carbocycles. The third-order valence-electron chi connectivity index (χ3n) is 5.56. The number of carbonyl (C=O) groups is 3. The van der Waals surface area contributed by atoms with Crippen LogP contribution >= 0.6 is 0 Å². The van der Waals surface area contributed by atoms with Crippen molar-refractivity contribution in [2.24, 2.45) is 0 Å². The maximum Gasteiger partial charge on any atom is 0.408 e. The molecule has 0 fully saturated rings. The van der Waals surface area contributed by atoms with E-state index >= 15 is 0 Å². The van der Waals surface area contributed by atoms with Crippen LogP contribution in [0.2, 0.25) is 0 Å². The predicted molar refractivity (Wildman–Crippen MR) is 139 cm³/mol. The number of carbonyl (C=O) groups excluding carboxylic acids is 3. The Balaban J connectivity index is 3.40. The minimum atomic E-state index is -1.27. The maximum atomic E-state index is 13.7. The van der Waals surface area contributed by atoms with E-state index in [9.17, 15) is 19.5 Å². The second kappa shape index (κ2) is 14.5. The predicted octanol–water partition coefficient (Wildman–Crippen LogP) is 4.19. The zero-order valence-corrected chi connectivity index (χ0v) is 22.1. The Morgan fingerprint density at radius 2 is 1.89 bits per heavy atom. The lowest BCUT2D eigenvalue weighted by atomic mass is 9.98. The molecule has 3 unspecified atom stereocenters. The van der Waals surface area contributed by atoms with E-state index in [0.717, 1.165) is 24.8 Å². The summed E-state index contributed by atoms with van der Waals surface area (Å²) in [5, 5.41) is 15.4. The third kappa shape index (κ3) is 9.72. The van der Waals surface area contributed by atoms with Gasteiger partial charge in [0, 0.05) is 12.6 Å². The number of benzene rings is 1. The fraction of sp³-hybridized carbons (Fsp3) is 0.593. The second-order valence-electron chi connectivity index (χ2n) is 9.66. The monoisotopic (exact) mass is 489 g/mol. The molecule has 0 aromatic heterocycles. The number of hydrogen-bond donors (Lipinski definition) is 3. The average molecular weight is 490 g/mol. The summed E-state index contributed by atoms with van der Waals surface area (Å²) in [5.74, 6) is -0.879. The van der Waals surface area contributed by atoms with Gasteiger partial charge in [-0.05, 0) is 57.7 Å². The fourth-order valence-corrected chi connectivity index (χ4v) is 3.59. The quantitative estimate of drug-likeness (QED) is 0.360. The standard InChI is InChI=1S/C27H43N3O5/c1-8-11-12-16-28-24(32)23(21-15-13-14-20(10-3)17-21)30(19(4)9-2)25(33)22(18-31)29-26(34)35-27(5,6)7/h10,13-15,17,19,22-23,31H,3,8-9,11-12,16,18H2,1-2,4-7H3,(H,28,32)(H,29,34). The number of amides is 3. The number of hydrogen-bond acceptors (Lipinski definition) is 5. The minimum Gasteiger partial charge on any atom is -0.444 e. The number of unbranched alkanes of at least 4 members (excludes halogenated alkanes) is 2. The molecule has 196 valence electrons. The topological polar surface area (TPSA) is 108 Å². The van der Waals surface area contributed by atoms with Crippen molar-refractivity contribution < 1.29 is 24.2 Å². The summed E-state index contributed by atoms with van der Waals surface area (Å²) in [6, 6.07) is 4.72. The summed E-state index contributed by atoms with van der Waals surface area (Å²) in [4.78, 5) is 41.0. The highest BCUT2D eigenvalue weighted by atomic mass is 16.6. The molecule has 1 aromatic rings. The highest BCUT2D eigenvalue weighted by Gasteiger charge is 2.38. The van der Waals surface area contributed by atoms with E-state index in [0.29, 0.717) is 18.5 Å². The van der Waals surface area contributed by atoms with Crippen LogP contribution in [0.4, 0.5) is 4.79 Å². The van der Waals surface area contributed by atoms with Crippen LogP contribution in [0.3, 0.4) is 0 Å². The van der Waals surface area contributed by atoms with Gasteiger partial charge in [-0.25, -0.2) is 4.79 Å². The Kier molecular flexibility index (Phi) is 12.5. The highest BCUT2D eigenvalue weighted by molar-refractivity contribution is 5.92. The van der Waals surface area contributed by atoms with Gasteiger partial charge in [0.1, 0.15) is 17.7 Å². The lowest BCUT2D eigenvalue weighted by molar-refractivity contribution is -0.145. The summed E-state index contributed by atoms with van der Waals surface area (Å²) >= 11 is 0. The van der Waals surface area contributed by atoms with Crippen LogP contribution in [-0.2, 0) is 14.3 Å². The van der Waals surface area contributed by atoms with Crippen molar-refractivity contribution in [2.45, 2.75) is 91.0 Å². The van der Waals surface area contributed by atoms with Crippen molar-refractivity contribution >= 4 is 24.0 Å². The number of ether oxygens (including phenoxy) is 1. The minimum absolute atomic E-state index is 0.315. The van der Waals surface area contributed by atoms with Crippen LogP contribution in [0.5, 0.6) is 0 Å². The molecule has 8 heteroatoms. The lowest BCUT2D eigenvalue weighted by Crippen LogP contribution is -2.56. The van der Waals surface area contributed by atoms with Crippen molar-refractivity contribution in [1.82, 2.24) is 15.5 Å². The zero-order chi connectivity index (χ0) is 26.6. The van der Waals surface area contributed by atoms with E-state index in [2.05, 4.69) is 24.1 Å². The smallest absolute Gasteiger partial charge is 0.408 e. The van der Waals surface area contributed by atoms with Crippen molar-refractivity contribution in [3.05, 3.63) is 42.0 Å². The van der Waals surface area contributed by atoms with E-state index in [1.165, 1.54) is 4.90 Å². The van der Waals surface area contributed by atoms with E-state index < -0.39 is 36.3 Å². The van der Waals surface area contributed by atoms with E-state index in [4.69, 9.17) is 4.74 Å². The van der Waals surface area contributed by atoms with Gasteiger partial charge in [0.15, 0.2) is 0 Å². The highest BCUT2D eigenvalue weighted by Crippen LogP contribution is 2.27. The molecule has 0 aliphatic rings. The summed E-state index contributed by atoms with van der Waals surface area (Å²) in [5.41, 5.74) is 0.668. The van der Waals surface area contributed by atoms with E-state index in [1.807, 2.05) is 32.0 Å². The number of aliphatic hydroxyl groups is 1. The number of rotatable bonds is 13. The van der Waals surface area contributed by atoms with Gasteiger partial charge in [-0.1, -0.05) is 57.5 Å². The van der Waals surface area contributed by atoms with Gasteiger partial charge >= 0.3 is 6.09 Å². The van der Waals surface area contributed by atoms with Crippen LogP contribution in [0, 0.1) is 0 Å². The van der Waals surface area contributed by atoms with Gasteiger partial charge in [-0.15, -0.1) is 0 Å². The molecule has 0 aliphatic carbocycles. The average Bonchev–Trinajstić information content (AvgIpc) is 2.81. The number of aliphatic hydroxyl groups excluding tert-OH is 1. The number of alkyl carbamates (subject to hydrolysis) is 1. The van der Waals surface area contributed by atoms with Crippen molar-refractivity contribution in [1.29, 1.82) is 0 Å². The number of nitrogens with one attached hydrogen (secondary N) is 2. The summed E-state index contributed by atoms with van der Waals surface area (Å²) in [6.45, 7) is 14.6. The Bertz CT molecular complexity index is 849. The SMILES string of the molecule is C=Cc1cccc(C(C(=O)NCCCCC)N(C(=O)C(CO)NC(=O)OC(C)(C)C)C(C)CC)c1. The second-order valence-corrected chi connectivity index (χ2v) is 9.66. The van der Waals surface area contributed by atoms with Gasteiger partial charge in [-0.2, -0.15) is 0 Å². The van der Waals surface area contributed by atoms with Crippen LogP contribution in [0.15, 0.2) is 30.8 Å². The normalized spacial score (nSPS) is 13.8. The Morgan fingerprint density at radius 3 is 2.43 bits per heavy atom. The van der Waals surface area contributed by atoms with Crippen LogP contribution in [0.1, 0.15) is 84.4 Å². The molecule has 0 aliphatic heterocycles. The van der Waals surface area contributed by atoms with Crippen LogP contribution in [0.25, 0.3) is 6.08 Å². The molecular weight excluding hydrogens is 446 g/mol. The first kappa shape index (κ1) is 30.2. The lowest BCUT2D eigenvalue weighted by Gasteiger charge is -2.38. The fourth-order valence-electron chi connectivity index (χ4n) is 3.59. The molecule has 8 nitrogen and oxygen atoms in total. The third-order valence-corrected chi connectivity index (χ3v) is 5.56. The van der Waals surface area contributed by atoms with Gasteiger partial charge in [0.25, 0.3) is 0 Å². The Morgan fingerprint density at radius 1 is 1.20 bits per heavy atom. The molecule has 3 amide bonds. The number of nitrogens with zero attached hydrogens (tertiary/aromatic N) is 1. The van der Waals surface area contributed by atoms with Gasteiger partial charge in [0.05, 0.1) is 6.61 Å². The Labute approximate surface area is 210 Å². The molecule has 0 radical (unpaired) electrons. The van der Waals surface area contributed by atoms with Crippen LogP contribution < -0.4 is 10.6 Å². The van der Waals surface area contributed by atoms with E-state index in [-0.39, 0.29) is 11.9 Å². The molecule has 0 saturated heterocycles. The molecule has 0 heterocycles. The molecule has 3 N–H and O–H groups in total. The zero-order valence-electron chi connectivity index (χ0n) is 22.1. The first-order chi connectivity index (χ1) is 16.5. The van der Waals surface area contributed by atoms with Crippen molar-refractivity contribution in [3.8, 4) is 0 Å². The Hall–Kier alpha value is -2.87.